The SMILES string of the molecule is CNCc1c(F)cccc1Oc1ccc(C)c(F)c1. The van der Waals surface area contributed by atoms with Crippen molar-refractivity contribution in [2.24, 2.45) is 0 Å². The Hall–Kier alpha value is -1.94. The van der Waals surface area contributed by atoms with E-state index >= 15 is 0 Å². The van der Waals surface area contributed by atoms with Crippen molar-refractivity contribution in [2.75, 3.05) is 7.05 Å². The number of halogens is 2. The van der Waals surface area contributed by atoms with Crippen LogP contribution >= 0.6 is 0 Å². The van der Waals surface area contributed by atoms with Gasteiger partial charge in [0, 0.05) is 18.2 Å². The Morgan fingerprint density at radius 1 is 1.11 bits per heavy atom. The normalized spacial score (nSPS) is 10.5. The van der Waals surface area contributed by atoms with Gasteiger partial charge in [0.1, 0.15) is 23.1 Å². The summed E-state index contributed by atoms with van der Waals surface area (Å²) in [7, 11) is 1.72. The first-order chi connectivity index (χ1) is 9.11. The van der Waals surface area contributed by atoms with Gasteiger partial charge in [-0.15, -0.1) is 0 Å². The van der Waals surface area contributed by atoms with Gasteiger partial charge >= 0.3 is 0 Å². The van der Waals surface area contributed by atoms with Crippen LogP contribution in [0.25, 0.3) is 0 Å². The van der Waals surface area contributed by atoms with Crippen molar-refractivity contribution in [2.45, 2.75) is 13.5 Å². The monoisotopic (exact) mass is 263 g/mol. The average Bonchev–Trinajstić information content (AvgIpc) is 2.38. The number of rotatable bonds is 4. The zero-order valence-electron chi connectivity index (χ0n) is 10.8. The minimum absolute atomic E-state index is 0.343. The summed E-state index contributed by atoms with van der Waals surface area (Å²) in [5.74, 6) is 0.0483. The molecule has 100 valence electrons. The van der Waals surface area contributed by atoms with Crippen LogP contribution in [-0.2, 0) is 6.54 Å². The molecule has 0 bridgehead atoms. The minimum Gasteiger partial charge on any atom is -0.457 e. The predicted octanol–water partition coefficient (Wildman–Crippen LogP) is 3.78. The molecule has 0 unspecified atom stereocenters. The molecule has 0 spiro atoms. The average molecular weight is 263 g/mol. The molecule has 0 radical (unpaired) electrons. The first-order valence-electron chi connectivity index (χ1n) is 5.98. The summed E-state index contributed by atoms with van der Waals surface area (Å²) in [6.07, 6.45) is 0. The molecular weight excluding hydrogens is 248 g/mol. The van der Waals surface area contributed by atoms with E-state index in [-0.39, 0.29) is 11.6 Å². The van der Waals surface area contributed by atoms with Crippen LogP contribution in [0.15, 0.2) is 36.4 Å². The van der Waals surface area contributed by atoms with Crippen LogP contribution in [0.3, 0.4) is 0 Å². The highest BCUT2D eigenvalue weighted by atomic mass is 19.1. The summed E-state index contributed by atoms with van der Waals surface area (Å²) in [5.41, 5.74) is 0.966. The largest absolute Gasteiger partial charge is 0.457 e. The van der Waals surface area contributed by atoms with Gasteiger partial charge in [0.25, 0.3) is 0 Å². The van der Waals surface area contributed by atoms with Gasteiger partial charge < -0.3 is 10.1 Å². The lowest BCUT2D eigenvalue weighted by molar-refractivity contribution is 0.459. The number of aryl methyl sites for hydroxylation is 1. The molecule has 0 aliphatic heterocycles. The van der Waals surface area contributed by atoms with Crippen molar-refractivity contribution >= 4 is 0 Å². The van der Waals surface area contributed by atoms with Crippen LogP contribution in [0, 0.1) is 18.6 Å². The fraction of sp³-hybridized carbons (Fsp3) is 0.200. The summed E-state index contributed by atoms with van der Waals surface area (Å²) < 4.78 is 32.7. The molecule has 19 heavy (non-hydrogen) atoms. The van der Waals surface area contributed by atoms with Crippen LogP contribution < -0.4 is 10.1 Å². The van der Waals surface area contributed by atoms with Crippen molar-refractivity contribution in [3.63, 3.8) is 0 Å². The van der Waals surface area contributed by atoms with Gasteiger partial charge in [-0.1, -0.05) is 12.1 Å². The first kappa shape index (κ1) is 13.5. The number of hydrogen-bond donors (Lipinski definition) is 1. The smallest absolute Gasteiger partial charge is 0.134 e. The second-order valence-electron chi connectivity index (χ2n) is 4.26. The number of nitrogens with one attached hydrogen (secondary N) is 1. The van der Waals surface area contributed by atoms with Crippen LogP contribution in [-0.4, -0.2) is 7.05 Å². The second-order valence-corrected chi connectivity index (χ2v) is 4.26. The van der Waals surface area contributed by atoms with Gasteiger partial charge in [-0.3, -0.25) is 0 Å². The molecule has 0 aliphatic carbocycles. The Morgan fingerprint density at radius 3 is 2.58 bits per heavy atom. The summed E-state index contributed by atoms with van der Waals surface area (Å²) >= 11 is 0. The third-order valence-electron chi connectivity index (χ3n) is 2.80. The van der Waals surface area contributed by atoms with E-state index in [9.17, 15) is 8.78 Å². The molecule has 4 heteroatoms. The van der Waals surface area contributed by atoms with E-state index in [1.54, 1.807) is 38.2 Å². The van der Waals surface area contributed by atoms with E-state index in [0.29, 0.717) is 29.2 Å². The molecule has 2 aromatic rings. The molecule has 0 fully saturated rings. The number of ether oxygens (including phenoxy) is 1. The summed E-state index contributed by atoms with van der Waals surface area (Å²) in [5, 5.41) is 2.88. The lowest BCUT2D eigenvalue weighted by atomic mass is 10.2. The zero-order chi connectivity index (χ0) is 13.8. The van der Waals surface area contributed by atoms with Crippen LogP contribution in [0.4, 0.5) is 8.78 Å². The quantitative estimate of drug-likeness (QED) is 0.906. The Balaban J connectivity index is 2.32. The van der Waals surface area contributed by atoms with E-state index in [1.165, 1.54) is 12.1 Å². The highest BCUT2D eigenvalue weighted by Crippen LogP contribution is 2.28. The second kappa shape index (κ2) is 5.80. The van der Waals surface area contributed by atoms with Gasteiger partial charge in [0.05, 0.1) is 0 Å². The first-order valence-corrected chi connectivity index (χ1v) is 5.98. The Morgan fingerprint density at radius 2 is 1.89 bits per heavy atom. The molecule has 0 amide bonds. The molecule has 0 saturated heterocycles. The Labute approximate surface area is 111 Å². The lowest BCUT2D eigenvalue weighted by Gasteiger charge is -2.12. The maximum Gasteiger partial charge on any atom is 0.134 e. The van der Waals surface area contributed by atoms with Crippen LogP contribution in [0.5, 0.6) is 11.5 Å². The molecule has 0 aromatic heterocycles. The molecule has 0 atom stereocenters. The van der Waals surface area contributed by atoms with E-state index in [0.717, 1.165) is 0 Å². The molecule has 1 N–H and O–H groups in total. The molecule has 0 aliphatic rings. The maximum absolute atomic E-state index is 13.7. The van der Waals surface area contributed by atoms with Gasteiger partial charge in [-0.05, 0) is 37.7 Å². The maximum atomic E-state index is 13.7. The van der Waals surface area contributed by atoms with Crippen molar-refractivity contribution < 1.29 is 13.5 Å². The van der Waals surface area contributed by atoms with Gasteiger partial charge in [-0.2, -0.15) is 0 Å². The highest BCUT2D eigenvalue weighted by molar-refractivity contribution is 5.39. The van der Waals surface area contributed by atoms with Crippen LogP contribution in [0.1, 0.15) is 11.1 Å². The Bertz CT molecular complexity index is 584. The fourth-order valence-electron chi connectivity index (χ4n) is 1.75. The summed E-state index contributed by atoms with van der Waals surface area (Å²) in [6.45, 7) is 2.02. The minimum atomic E-state index is -0.348. The van der Waals surface area contributed by atoms with E-state index in [1.807, 2.05) is 0 Å². The van der Waals surface area contributed by atoms with E-state index in [4.69, 9.17) is 4.74 Å². The summed E-state index contributed by atoms with van der Waals surface area (Å²) in [4.78, 5) is 0. The van der Waals surface area contributed by atoms with Crippen molar-refractivity contribution in [1.82, 2.24) is 5.32 Å². The van der Waals surface area contributed by atoms with Gasteiger partial charge in [0.15, 0.2) is 0 Å². The number of hydrogen-bond acceptors (Lipinski definition) is 2. The van der Waals surface area contributed by atoms with Crippen molar-refractivity contribution in [3.05, 3.63) is 59.2 Å². The van der Waals surface area contributed by atoms with Crippen LogP contribution in [0.2, 0.25) is 0 Å². The molecule has 2 nitrogen and oxygen atoms in total. The van der Waals surface area contributed by atoms with Crippen molar-refractivity contribution in [1.29, 1.82) is 0 Å². The third-order valence-corrected chi connectivity index (χ3v) is 2.80. The van der Waals surface area contributed by atoms with Gasteiger partial charge in [-0.25, -0.2) is 8.78 Å². The highest BCUT2D eigenvalue weighted by Gasteiger charge is 2.10. The van der Waals surface area contributed by atoms with Crippen molar-refractivity contribution in [3.8, 4) is 11.5 Å². The Kier molecular flexibility index (Phi) is 4.12. The molecule has 0 heterocycles. The molecule has 2 rings (SSSR count). The summed E-state index contributed by atoms with van der Waals surface area (Å²) in [6, 6.07) is 9.18. The fourth-order valence-corrected chi connectivity index (χ4v) is 1.75. The van der Waals surface area contributed by atoms with Gasteiger partial charge in [0.2, 0.25) is 0 Å². The molecular formula is C15H15F2NO. The topological polar surface area (TPSA) is 21.3 Å². The number of benzene rings is 2. The third kappa shape index (κ3) is 3.09. The van der Waals surface area contributed by atoms with E-state index < -0.39 is 0 Å². The zero-order valence-corrected chi connectivity index (χ0v) is 10.8. The predicted molar refractivity (Wildman–Crippen MR) is 70.4 cm³/mol. The standard InChI is InChI=1S/C15H15F2NO/c1-10-6-7-11(8-14(10)17)19-15-5-3-4-13(16)12(15)9-18-2/h3-8,18H,9H2,1-2H3. The lowest BCUT2D eigenvalue weighted by Crippen LogP contribution is -2.08. The van der Waals surface area contributed by atoms with E-state index in [2.05, 4.69) is 5.32 Å². The molecule has 0 saturated carbocycles. The molecule has 2 aromatic carbocycles.